The van der Waals surface area contributed by atoms with Crippen LogP contribution in [-0.2, 0) is 6.54 Å². The number of hydrogen-bond donors (Lipinski definition) is 0. The molecule has 0 bridgehead atoms. The van der Waals surface area contributed by atoms with E-state index in [4.69, 9.17) is 0 Å². The van der Waals surface area contributed by atoms with E-state index in [-0.39, 0.29) is 5.78 Å². The molecule has 0 amide bonds. The Bertz CT molecular complexity index is 496. The molecule has 13 heavy (non-hydrogen) atoms. The van der Waals surface area contributed by atoms with Gasteiger partial charge in [0.2, 0.25) is 0 Å². The van der Waals surface area contributed by atoms with E-state index in [0.717, 1.165) is 12.2 Å². The van der Waals surface area contributed by atoms with Gasteiger partial charge in [-0.25, -0.2) is 0 Å². The van der Waals surface area contributed by atoms with Gasteiger partial charge in [0.25, 0.3) is 0 Å². The number of carbonyl (C=O) groups is 1. The van der Waals surface area contributed by atoms with Crippen molar-refractivity contribution >= 4 is 16.7 Å². The highest BCUT2D eigenvalue weighted by Crippen LogP contribution is 2.25. The SMILES string of the molecule is O=C1CCn2c1cc1ccccc12. The average molecular weight is 171 g/mol. The number of hydrogen-bond acceptors (Lipinski definition) is 1. The van der Waals surface area contributed by atoms with Crippen LogP contribution >= 0.6 is 0 Å². The molecule has 0 spiro atoms. The van der Waals surface area contributed by atoms with Gasteiger partial charge in [-0.15, -0.1) is 0 Å². The summed E-state index contributed by atoms with van der Waals surface area (Å²) in [6.45, 7) is 0.849. The number of Topliss-reactive ketones (excluding diaryl/α,β-unsaturated/α-hetero) is 1. The number of fused-ring (bicyclic) bond motifs is 3. The molecule has 64 valence electrons. The summed E-state index contributed by atoms with van der Waals surface area (Å²) in [6.07, 6.45) is 0.667. The van der Waals surface area contributed by atoms with Gasteiger partial charge in [-0.05, 0) is 12.1 Å². The number of rotatable bonds is 0. The minimum atomic E-state index is 0.274. The third-order valence-electron chi connectivity index (χ3n) is 2.66. The van der Waals surface area contributed by atoms with Crippen LogP contribution in [0.3, 0.4) is 0 Å². The summed E-state index contributed by atoms with van der Waals surface area (Å²) in [5, 5.41) is 1.17. The number of ketones is 1. The van der Waals surface area contributed by atoms with Crippen molar-refractivity contribution in [3.05, 3.63) is 36.0 Å². The molecule has 0 radical (unpaired) electrons. The second kappa shape index (κ2) is 2.22. The topological polar surface area (TPSA) is 22.0 Å². The van der Waals surface area contributed by atoms with Crippen molar-refractivity contribution < 1.29 is 4.79 Å². The molecular weight excluding hydrogens is 162 g/mol. The fourth-order valence-electron chi connectivity index (χ4n) is 2.02. The summed E-state index contributed by atoms with van der Waals surface area (Å²) in [5.74, 6) is 0.274. The number of benzene rings is 1. The van der Waals surface area contributed by atoms with Crippen LogP contribution in [-0.4, -0.2) is 10.4 Å². The lowest BCUT2D eigenvalue weighted by Crippen LogP contribution is -1.91. The zero-order chi connectivity index (χ0) is 8.84. The smallest absolute Gasteiger partial charge is 0.181 e. The molecule has 0 aliphatic carbocycles. The van der Waals surface area contributed by atoms with Crippen LogP contribution < -0.4 is 0 Å². The second-order valence-electron chi connectivity index (χ2n) is 3.41. The fraction of sp³-hybridized carbons (Fsp3) is 0.182. The van der Waals surface area contributed by atoms with Gasteiger partial charge in [-0.3, -0.25) is 4.79 Å². The molecular formula is C11H9NO. The lowest BCUT2D eigenvalue weighted by Gasteiger charge is -1.96. The Morgan fingerprint density at radius 1 is 1.23 bits per heavy atom. The average Bonchev–Trinajstić information content (AvgIpc) is 2.67. The van der Waals surface area contributed by atoms with Crippen molar-refractivity contribution in [1.29, 1.82) is 0 Å². The van der Waals surface area contributed by atoms with E-state index in [0.29, 0.717) is 6.42 Å². The van der Waals surface area contributed by atoms with E-state index in [1.54, 1.807) is 0 Å². The third-order valence-corrected chi connectivity index (χ3v) is 2.66. The molecule has 0 saturated carbocycles. The molecule has 2 heterocycles. The van der Waals surface area contributed by atoms with Gasteiger partial charge in [-0.2, -0.15) is 0 Å². The van der Waals surface area contributed by atoms with Gasteiger partial charge in [0.05, 0.1) is 5.69 Å². The van der Waals surface area contributed by atoms with Crippen molar-refractivity contribution in [1.82, 2.24) is 4.57 Å². The van der Waals surface area contributed by atoms with Crippen LogP contribution in [0.15, 0.2) is 30.3 Å². The van der Waals surface area contributed by atoms with E-state index in [9.17, 15) is 4.79 Å². The van der Waals surface area contributed by atoms with Crippen molar-refractivity contribution in [3.63, 3.8) is 0 Å². The normalized spacial score (nSPS) is 15.2. The van der Waals surface area contributed by atoms with E-state index in [2.05, 4.69) is 10.6 Å². The molecule has 2 aromatic rings. The summed E-state index contributed by atoms with van der Waals surface area (Å²) in [5.41, 5.74) is 2.06. The van der Waals surface area contributed by atoms with Crippen molar-refractivity contribution in [3.8, 4) is 0 Å². The standard InChI is InChI=1S/C11H9NO/c13-11-5-6-12-9-4-2-1-3-8(9)7-10(11)12/h1-4,7H,5-6H2. The zero-order valence-electron chi connectivity index (χ0n) is 7.16. The van der Waals surface area contributed by atoms with Crippen molar-refractivity contribution in [2.24, 2.45) is 0 Å². The Kier molecular flexibility index (Phi) is 1.18. The maximum atomic E-state index is 11.4. The highest BCUT2D eigenvalue weighted by Gasteiger charge is 2.21. The largest absolute Gasteiger partial charge is 0.338 e. The highest BCUT2D eigenvalue weighted by molar-refractivity contribution is 6.02. The third kappa shape index (κ3) is 0.800. The molecule has 1 aromatic heterocycles. The van der Waals surface area contributed by atoms with Gasteiger partial charge < -0.3 is 4.57 Å². The second-order valence-corrected chi connectivity index (χ2v) is 3.41. The van der Waals surface area contributed by atoms with Crippen molar-refractivity contribution in [2.45, 2.75) is 13.0 Å². The minimum absolute atomic E-state index is 0.274. The van der Waals surface area contributed by atoms with Gasteiger partial charge >= 0.3 is 0 Å². The van der Waals surface area contributed by atoms with Crippen LogP contribution in [0.2, 0.25) is 0 Å². The molecule has 0 N–H and O–H groups in total. The first-order valence-corrected chi connectivity index (χ1v) is 4.48. The van der Waals surface area contributed by atoms with Gasteiger partial charge in [0.1, 0.15) is 0 Å². The first-order valence-electron chi connectivity index (χ1n) is 4.48. The molecule has 0 fully saturated rings. The molecule has 2 nitrogen and oxygen atoms in total. The van der Waals surface area contributed by atoms with E-state index >= 15 is 0 Å². The minimum Gasteiger partial charge on any atom is -0.338 e. The molecule has 1 aromatic carbocycles. The monoisotopic (exact) mass is 171 g/mol. The fourth-order valence-corrected chi connectivity index (χ4v) is 2.02. The van der Waals surface area contributed by atoms with Crippen molar-refractivity contribution in [2.75, 3.05) is 0 Å². The Morgan fingerprint density at radius 2 is 2.08 bits per heavy atom. The molecule has 3 rings (SSSR count). The van der Waals surface area contributed by atoms with Gasteiger partial charge in [0.15, 0.2) is 5.78 Å². The summed E-state index contributed by atoms with van der Waals surface area (Å²) in [4.78, 5) is 11.4. The number of aromatic nitrogens is 1. The lowest BCUT2D eigenvalue weighted by molar-refractivity contribution is 0.0994. The maximum absolute atomic E-state index is 11.4. The Labute approximate surface area is 75.8 Å². The summed E-state index contributed by atoms with van der Waals surface area (Å²) in [6, 6.07) is 10.1. The van der Waals surface area contributed by atoms with Crippen LogP contribution in [0.5, 0.6) is 0 Å². The number of carbonyl (C=O) groups excluding carboxylic acids is 1. The first kappa shape index (κ1) is 6.89. The van der Waals surface area contributed by atoms with Crippen LogP contribution in [0.4, 0.5) is 0 Å². The summed E-state index contributed by atoms with van der Waals surface area (Å²) < 4.78 is 2.11. The number of nitrogens with zero attached hydrogens (tertiary/aromatic N) is 1. The predicted octanol–water partition coefficient (Wildman–Crippen LogP) is 2.23. The molecule has 0 saturated heterocycles. The maximum Gasteiger partial charge on any atom is 0.181 e. The zero-order valence-corrected chi connectivity index (χ0v) is 7.16. The molecule has 0 atom stereocenters. The van der Waals surface area contributed by atoms with E-state index < -0.39 is 0 Å². The van der Waals surface area contributed by atoms with Crippen LogP contribution in [0.25, 0.3) is 10.9 Å². The molecule has 0 unspecified atom stereocenters. The summed E-state index contributed by atoms with van der Waals surface area (Å²) in [7, 11) is 0. The van der Waals surface area contributed by atoms with E-state index in [1.165, 1.54) is 10.9 Å². The highest BCUT2D eigenvalue weighted by atomic mass is 16.1. The van der Waals surface area contributed by atoms with Crippen LogP contribution in [0.1, 0.15) is 16.9 Å². The number of aryl methyl sites for hydroxylation is 1. The Morgan fingerprint density at radius 3 is 3.00 bits per heavy atom. The molecule has 2 heteroatoms. The molecule has 1 aliphatic rings. The lowest BCUT2D eigenvalue weighted by atomic mass is 10.2. The Hall–Kier alpha value is -1.57. The summed E-state index contributed by atoms with van der Waals surface area (Å²) >= 11 is 0. The Balaban J connectivity index is 2.44. The quantitative estimate of drug-likeness (QED) is 0.595. The van der Waals surface area contributed by atoms with Gasteiger partial charge in [0, 0.05) is 23.9 Å². The van der Waals surface area contributed by atoms with Crippen LogP contribution in [0, 0.1) is 0 Å². The molecule has 1 aliphatic heterocycles. The number of para-hydroxylation sites is 1. The first-order chi connectivity index (χ1) is 6.36. The van der Waals surface area contributed by atoms with Gasteiger partial charge in [-0.1, -0.05) is 18.2 Å². The van der Waals surface area contributed by atoms with E-state index in [1.807, 2.05) is 24.3 Å². The predicted molar refractivity (Wildman–Crippen MR) is 50.9 cm³/mol.